The van der Waals surface area contributed by atoms with Gasteiger partial charge in [-0.05, 0) is 0 Å². The predicted octanol–water partition coefficient (Wildman–Crippen LogP) is 8.86. The van der Waals surface area contributed by atoms with Crippen molar-refractivity contribution in [2.75, 3.05) is 6.16 Å². The molecule has 0 aromatic heterocycles. The second-order valence-corrected chi connectivity index (χ2v) is 19.6. The molecule has 0 amide bonds. The SMILES string of the molecule is CC(C=CC1=C(C)CCCC1(C)C)=CCP(Br)(c1ccccc1)(c1ccccc1)c1ccccc1. The molecule has 0 radical (unpaired) electrons. The summed E-state index contributed by atoms with van der Waals surface area (Å²) < 4.78 is 0. The maximum absolute atomic E-state index is 4.55. The predicted molar refractivity (Wildman–Crippen MR) is 162 cm³/mol. The fraction of sp³-hybridized carbons (Fsp3) is 0.273. The summed E-state index contributed by atoms with van der Waals surface area (Å²) in [5.41, 5.74) is 4.62. The second kappa shape index (κ2) is 10.4. The van der Waals surface area contributed by atoms with E-state index >= 15 is 0 Å². The quantitative estimate of drug-likeness (QED) is 0.206. The van der Waals surface area contributed by atoms with E-state index in [-0.39, 0.29) is 5.41 Å². The van der Waals surface area contributed by atoms with Crippen LogP contribution in [0.25, 0.3) is 0 Å². The third-order valence-corrected chi connectivity index (χ3v) is 17.2. The normalized spacial score (nSPS) is 17.9. The molecule has 1 aliphatic carbocycles. The first kappa shape index (κ1) is 25.9. The number of allylic oxidation sites excluding steroid dienone is 6. The van der Waals surface area contributed by atoms with Crippen LogP contribution in [0.1, 0.15) is 47.0 Å². The molecule has 2 heteroatoms. The number of halogens is 1. The standard InChI is InChI=1S/C33H38BrP/c1-27(22-23-32-28(2)15-14-25-33(32,3)4)24-26-35(34,29-16-8-5-9-17-29,30-18-10-6-11-19-30)31-20-12-7-13-21-31/h5-13,16-24H,14-15,25-26H2,1-4H3. The van der Waals surface area contributed by atoms with E-state index in [2.05, 4.69) is 152 Å². The molecule has 0 saturated heterocycles. The van der Waals surface area contributed by atoms with E-state index in [1.54, 1.807) is 5.57 Å². The minimum absolute atomic E-state index is 0.256. The van der Waals surface area contributed by atoms with Gasteiger partial charge in [-0.2, -0.15) is 0 Å². The van der Waals surface area contributed by atoms with Crippen molar-refractivity contribution in [2.45, 2.75) is 47.0 Å². The molecule has 0 atom stereocenters. The average Bonchev–Trinajstić information content (AvgIpc) is 2.88. The summed E-state index contributed by atoms with van der Waals surface area (Å²) in [6.45, 7) is 9.33. The second-order valence-electron chi connectivity index (χ2n) is 10.6. The van der Waals surface area contributed by atoms with E-state index in [0.29, 0.717) is 0 Å². The van der Waals surface area contributed by atoms with Crippen LogP contribution in [0.5, 0.6) is 0 Å². The van der Waals surface area contributed by atoms with Crippen LogP contribution in [-0.4, -0.2) is 6.16 Å². The summed E-state index contributed by atoms with van der Waals surface area (Å²) in [5, 5.41) is 1.15. The van der Waals surface area contributed by atoms with Crippen molar-refractivity contribution in [1.29, 1.82) is 0 Å². The van der Waals surface area contributed by atoms with Gasteiger partial charge >= 0.3 is 221 Å². The summed E-state index contributed by atoms with van der Waals surface area (Å²) in [5.74, 6) is 0. The van der Waals surface area contributed by atoms with Crippen molar-refractivity contribution in [3.05, 3.63) is 126 Å². The fourth-order valence-electron chi connectivity index (χ4n) is 5.59. The molecule has 4 rings (SSSR count). The van der Waals surface area contributed by atoms with Crippen molar-refractivity contribution in [3.63, 3.8) is 0 Å². The summed E-state index contributed by atoms with van der Waals surface area (Å²) in [7, 11) is 0. The third-order valence-electron chi connectivity index (χ3n) is 7.70. The van der Waals surface area contributed by atoms with Gasteiger partial charge in [-0.3, -0.25) is 0 Å². The van der Waals surface area contributed by atoms with E-state index in [4.69, 9.17) is 0 Å². The Balaban J connectivity index is 1.84. The maximum atomic E-state index is 4.55. The zero-order valence-electron chi connectivity index (χ0n) is 21.5. The number of benzene rings is 3. The van der Waals surface area contributed by atoms with Crippen molar-refractivity contribution in [3.8, 4) is 0 Å². The Morgan fingerprint density at radius 3 is 1.71 bits per heavy atom. The van der Waals surface area contributed by atoms with E-state index in [1.165, 1.54) is 46.3 Å². The first-order chi connectivity index (χ1) is 16.8. The first-order valence-electron chi connectivity index (χ1n) is 12.7. The Morgan fingerprint density at radius 2 is 1.29 bits per heavy atom. The van der Waals surface area contributed by atoms with Crippen LogP contribution in [0.4, 0.5) is 0 Å². The molecule has 3 aromatic rings. The molecule has 0 spiro atoms. The summed E-state index contributed by atoms with van der Waals surface area (Å²) in [6.07, 6.45) is 11.9. The summed E-state index contributed by atoms with van der Waals surface area (Å²) >= 11 is 4.55. The molecular weight excluding hydrogens is 507 g/mol. The van der Waals surface area contributed by atoms with Crippen LogP contribution in [0.15, 0.2) is 126 Å². The van der Waals surface area contributed by atoms with Crippen molar-refractivity contribution >= 4 is 36.7 Å². The molecule has 0 unspecified atom stereocenters. The Bertz CT molecular complexity index is 1130. The summed E-state index contributed by atoms with van der Waals surface area (Å²) in [6, 6.07) is 33.1. The first-order valence-corrected chi connectivity index (χ1v) is 17.1. The third kappa shape index (κ3) is 5.04. The Labute approximate surface area is 220 Å². The van der Waals surface area contributed by atoms with Gasteiger partial charge in [0.05, 0.1) is 0 Å². The van der Waals surface area contributed by atoms with Crippen LogP contribution in [0, 0.1) is 5.41 Å². The Kier molecular flexibility index (Phi) is 7.70. The van der Waals surface area contributed by atoms with Gasteiger partial charge in [0.1, 0.15) is 0 Å². The molecule has 0 bridgehead atoms. The zero-order valence-corrected chi connectivity index (χ0v) is 24.0. The van der Waals surface area contributed by atoms with Crippen LogP contribution in [-0.2, 0) is 0 Å². The van der Waals surface area contributed by atoms with Gasteiger partial charge in [-0.1, -0.05) is 0 Å². The van der Waals surface area contributed by atoms with Crippen molar-refractivity contribution in [1.82, 2.24) is 0 Å². The van der Waals surface area contributed by atoms with Gasteiger partial charge in [0, 0.05) is 0 Å². The van der Waals surface area contributed by atoms with E-state index < -0.39 is 5.31 Å². The molecule has 0 saturated carbocycles. The molecule has 0 heterocycles. The molecule has 0 N–H and O–H groups in total. The monoisotopic (exact) mass is 544 g/mol. The summed E-state index contributed by atoms with van der Waals surface area (Å²) in [4.78, 5) is 0. The van der Waals surface area contributed by atoms with E-state index in [0.717, 1.165) is 6.16 Å². The van der Waals surface area contributed by atoms with Crippen LogP contribution in [0.3, 0.4) is 0 Å². The van der Waals surface area contributed by atoms with Crippen molar-refractivity contribution in [2.24, 2.45) is 5.41 Å². The molecule has 0 aliphatic heterocycles. The molecule has 0 nitrogen and oxygen atoms in total. The number of hydrogen-bond acceptors (Lipinski definition) is 0. The van der Waals surface area contributed by atoms with E-state index in [1.807, 2.05) is 0 Å². The zero-order chi connectivity index (χ0) is 25.0. The number of hydrogen-bond donors (Lipinski definition) is 0. The molecule has 182 valence electrons. The fourth-order valence-corrected chi connectivity index (χ4v) is 12.7. The van der Waals surface area contributed by atoms with Crippen molar-refractivity contribution < 1.29 is 0 Å². The molecule has 3 aromatic carbocycles. The topological polar surface area (TPSA) is 0 Å². The molecule has 1 aliphatic rings. The van der Waals surface area contributed by atoms with Crippen LogP contribution in [0.2, 0.25) is 0 Å². The van der Waals surface area contributed by atoms with E-state index in [9.17, 15) is 0 Å². The average molecular weight is 546 g/mol. The van der Waals surface area contributed by atoms with Gasteiger partial charge < -0.3 is 0 Å². The molecular formula is C33H38BrP. The van der Waals surface area contributed by atoms with Gasteiger partial charge in [-0.25, -0.2) is 0 Å². The van der Waals surface area contributed by atoms with Crippen LogP contribution >= 0.6 is 20.8 Å². The molecule has 35 heavy (non-hydrogen) atoms. The minimum atomic E-state index is -2.92. The van der Waals surface area contributed by atoms with Gasteiger partial charge in [0.2, 0.25) is 0 Å². The Morgan fingerprint density at radius 1 is 0.829 bits per heavy atom. The van der Waals surface area contributed by atoms with Gasteiger partial charge in [0.15, 0.2) is 0 Å². The Hall–Kier alpha value is -2.21. The van der Waals surface area contributed by atoms with Gasteiger partial charge in [-0.15, -0.1) is 0 Å². The van der Waals surface area contributed by atoms with Crippen LogP contribution < -0.4 is 15.9 Å². The molecule has 0 fully saturated rings. The van der Waals surface area contributed by atoms with Gasteiger partial charge in [0.25, 0.3) is 0 Å². The number of rotatable bonds is 7.